The third-order valence-electron chi connectivity index (χ3n) is 4.41. The Kier molecular flexibility index (Phi) is 5.89. The third-order valence-corrected chi connectivity index (χ3v) is 4.41. The fourth-order valence-corrected chi connectivity index (χ4v) is 2.99. The highest BCUT2D eigenvalue weighted by molar-refractivity contribution is 6.03. The highest BCUT2D eigenvalue weighted by Crippen LogP contribution is 2.17. The second-order valence-electron chi connectivity index (χ2n) is 6.79. The molecular weight excluding hydrogens is 352 g/mol. The van der Waals surface area contributed by atoms with Gasteiger partial charge in [-0.3, -0.25) is 14.3 Å². The largest absolute Gasteiger partial charge is 0.324 e. The van der Waals surface area contributed by atoms with Crippen LogP contribution in [0.3, 0.4) is 0 Å². The molecule has 3 rings (SSSR count). The van der Waals surface area contributed by atoms with Crippen molar-refractivity contribution in [2.45, 2.75) is 33.2 Å². The molecule has 1 aromatic heterocycles. The van der Waals surface area contributed by atoms with E-state index in [1.807, 2.05) is 69.3 Å². The van der Waals surface area contributed by atoms with Gasteiger partial charge in [0.15, 0.2) is 5.69 Å². The molecule has 2 aromatic carbocycles. The summed E-state index contributed by atoms with van der Waals surface area (Å²) in [5.41, 5.74) is 3.85. The summed E-state index contributed by atoms with van der Waals surface area (Å²) >= 11 is 0. The first-order valence-electron chi connectivity index (χ1n) is 9.27. The van der Waals surface area contributed by atoms with Crippen molar-refractivity contribution in [3.63, 3.8) is 0 Å². The van der Waals surface area contributed by atoms with Gasteiger partial charge in [0.1, 0.15) is 6.04 Å². The molecule has 0 saturated heterocycles. The first-order valence-corrected chi connectivity index (χ1v) is 9.27. The summed E-state index contributed by atoms with van der Waals surface area (Å²) in [4.78, 5) is 25.2. The van der Waals surface area contributed by atoms with E-state index in [0.717, 1.165) is 16.8 Å². The first-order chi connectivity index (χ1) is 13.5. The number of benzene rings is 2. The van der Waals surface area contributed by atoms with Crippen molar-refractivity contribution < 1.29 is 9.59 Å². The fraction of sp³-hybridized carbons (Fsp3) is 0.227. The Hall–Kier alpha value is -3.41. The van der Waals surface area contributed by atoms with E-state index < -0.39 is 6.04 Å². The van der Waals surface area contributed by atoms with Crippen molar-refractivity contribution in [1.82, 2.24) is 9.78 Å². The molecule has 2 N–H and O–H groups in total. The smallest absolute Gasteiger partial charge is 0.276 e. The Morgan fingerprint density at radius 1 is 0.964 bits per heavy atom. The van der Waals surface area contributed by atoms with Gasteiger partial charge in [-0.1, -0.05) is 31.2 Å². The van der Waals surface area contributed by atoms with E-state index in [0.29, 0.717) is 12.1 Å². The Labute approximate surface area is 164 Å². The second-order valence-corrected chi connectivity index (χ2v) is 6.79. The zero-order chi connectivity index (χ0) is 20.1. The van der Waals surface area contributed by atoms with Crippen LogP contribution in [0.5, 0.6) is 0 Å². The van der Waals surface area contributed by atoms with Crippen LogP contribution in [-0.4, -0.2) is 21.6 Å². The molecule has 0 aliphatic heterocycles. The van der Waals surface area contributed by atoms with E-state index in [4.69, 9.17) is 0 Å². The minimum absolute atomic E-state index is 0.165. The molecule has 0 fully saturated rings. The van der Waals surface area contributed by atoms with E-state index in [1.54, 1.807) is 12.3 Å². The lowest BCUT2D eigenvalue weighted by Crippen LogP contribution is -2.26. The summed E-state index contributed by atoms with van der Waals surface area (Å²) in [6.07, 6.45) is 2.22. The molecular formula is C22H24N4O2. The molecule has 0 aliphatic carbocycles. The van der Waals surface area contributed by atoms with E-state index in [2.05, 4.69) is 15.7 Å². The maximum absolute atomic E-state index is 12.7. The van der Waals surface area contributed by atoms with Crippen molar-refractivity contribution in [2.24, 2.45) is 0 Å². The number of aromatic nitrogens is 2. The molecule has 1 unspecified atom stereocenters. The summed E-state index contributed by atoms with van der Waals surface area (Å²) in [6, 6.07) is 16.3. The van der Waals surface area contributed by atoms with E-state index >= 15 is 0 Å². The number of aryl methyl sites for hydroxylation is 2. The van der Waals surface area contributed by atoms with Crippen LogP contribution in [0.1, 0.15) is 41.0 Å². The number of hydrogen-bond acceptors (Lipinski definition) is 3. The molecule has 0 aliphatic rings. The van der Waals surface area contributed by atoms with Crippen LogP contribution in [0.15, 0.2) is 60.8 Å². The monoisotopic (exact) mass is 376 g/mol. The zero-order valence-corrected chi connectivity index (χ0v) is 16.3. The lowest BCUT2D eigenvalue weighted by molar-refractivity contribution is -0.119. The van der Waals surface area contributed by atoms with Crippen LogP contribution in [0.4, 0.5) is 11.4 Å². The SMILES string of the molecule is CCC(C(=O)Nc1cccc(C)c1)n1ccc(C(=O)Nc2cccc(C)c2)n1. The van der Waals surface area contributed by atoms with Crippen LogP contribution in [0.2, 0.25) is 0 Å². The summed E-state index contributed by atoms with van der Waals surface area (Å²) < 4.78 is 1.54. The Morgan fingerprint density at radius 2 is 1.57 bits per heavy atom. The van der Waals surface area contributed by atoms with Crippen LogP contribution in [0.25, 0.3) is 0 Å². The van der Waals surface area contributed by atoms with Crippen LogP contribution >= 0.6 is 0 Å². The van der Waals surface area contributed by atoms with Crippen molar-refractivity contribution in [1.29, 1.82) is 0 Å². The van der Waals surface area contributed by atoms with Gasteiger partial charge < -0.3 is 10.6 Å². The molecule has 1 atom stereocenters. The summed E-state index contributed by atoms with van der Waals surface area (Å²) in [7, 11) is 0. The summed E-state index contributed by atoms with van der Waals surface area (Å²) in [6.45, 7) is 5.84. The third kappa shape index (κ3) is 4.65. The number of nitrogens with zero attached hydrogens (tertiary/aromatic N) is 2. The van der Waals surface area contributed by atoms with Crippen molar-refractivity contribution in [2.75, 3.05) is 10.6 Å². The predicted octanol–water partition coefficient (Wildman–Crippen LogP) is 4.34. The quantitative estimate of drug-likeness (QED) is 0.672. The molecule has 6 nitrogen and oxygen atoms in total. The maximum Gasteiger partial charge on any atom is 0.276 e. The molecule has 2 amide bonds. The predicted molar refractivity (Wildman–Crippen MR) is 110 cm³/mol. The van der Waals surface area contributed by atoms with Crippen molar-refractivity contribution in [3.8, 4) is 0 Å². The minimum Gasteiger partial charge on any atom is -0.324 e. The number of hydrogen-bond donors (Lipinski definition) is 2. The lowest BCUT2D eigenvalue weighted by atomic mass is 10.2. The van der Waals surface area contributed by atoms with Gasteiger partial charge in [0.05, 0.1) is 0 Å². The molecule has 0 saturated carbocycles. The average Bonchev–Trinajstić information content (AvgIpc) is 3.12. The number of carbonyl (C=O) groups excluding carboxylic acids is 2. The maximum atomic E-state index is 12.7. The molecule has 3 aromatic rings. The number of nitrogens with one attached hydrogen (secondary N) is 2. The van der Waals surface area contributed by atoms with Gasteiger partial charge in [0, 0.05) is 17.6 Å². The highest BCUT2D eigenvalue weighted by atomic mass is 16.2. The average molecular weight is 376 g/mol. The van der Waals surface area contributed by atoms with E-state index in [-0.39, 0.29) is 17.5 Å². The Balaban J connectivity index is 1.71. The molecule has 28 heavy (non-hydrogen) atoms. The molecule has 0 radical (unpaired) electrons. The van der Waals surface area contributed by atoms with E-state index in [9.17, 15) is 9.59 Å². The standard InChI is InChI=1S/C22H24N4O2/c1-4-20(22(28)24-18-10-6-8-16(3)14-18)26-12-11-19(25-26)21(27)23-17-9-5-7-15(2)13-17/h5-14,20H,4H2,1-3H3,(H,23,27)(H,24,28). The van der Waals surface area contributed by atoms with Gasteiger partial charge in [0.2, 0.25) is 5.91 Å². The number of rotatable bonds is 6. The van der Waals surface area contributed by atoms with Gasteiger partial charge >= 0.3 is 0 Å². The Morgan fingerprint density at radius 3 is 2.14 bits per heavy atom. The van der Waals surface area contributed by atoms with Gasteiger partial charge in [-0.15, -0.1) is 0 Å². The van der Waals surface area contributed by atoms with Crippen LogP contribution in [0, 0.1) is 13.8 Å². The van der Waals surface area contributed by atoms with Crippen molar-refractivity contribution >= 4 is 23.2 Å². The zero-order valence-electron chi connectivity index (χ0n) is 16.3. The lowest BCUT2D eigenvalue weighted by Gasteiger charge is -2.16. The molecule has 0 spiro atoms. The summed E-state index contributed by atoms with van der Waals surface area (Å²) in [5.74, 6) is -0.472. The van der Waals surface area contributed by atoms with E-state index in [1.165, 1.54) is 4.68 Å². The number of amides is 2. The molecule has 1 heterocycles. The van der Waals surface area contributed by atoms with Crippen LogP contribution < -0.4 is 10.6 Å². The second kappa shape index (κ2) is 8.52. The molecule has 144 valence electrons. The minimum atomic E-state index is -0.499. The molecule has 0 bridgehead atoms. The first kappa shape index (κ1) is 19.4. The summed E-state index contributed by atoms with van der Waals surface area (Å²) in [5, 5.41) is 10.1. The fourth-order valence-electron chi connectivity index (χ4n) is 2.99. The van der Waals surface area contributed by atoms with Gasteiger partial charge in [-0.2, -0.15) is 5.10 Å². The number of anilines is 2. The van der Waals surface area contributed by atoms with Crippen molar-refractivity contribution in [3.05, 3.63) is 77.6 Å². The van der Waals surface area contributed by atoms with Crippen LogP contribution in [-0.2, 0) is 4.79 Å². The highest BCUT2D eigenvalue weighted by Gasteiger charge is 2.21. The van der Waals surface area contributed by atoms with Gasteiger partial charge in [0.25, 0.3) is 5.91 Å². The number of carbonyl (C=O) groups is 2. The topological polar surface area (TPSA) is 76.0 Å². The molecule has 6 heteroatoms. The normalized spacial score (nSPS) is 11.7. The van der Waals surface area contributed by atoms with Gasteiger partial charge in [-0.05, 0) is 61.7 Å². The Bertz CT molecular complexity index is 993. The van der Waals surface area contributed by atoms with Gasteiger partial charge in [-0.25, -0.2) is 0 Å².